The summed E-state index contributed by atoms with van der Waals surface area (Å²) in [6.45, 7) is 0. The van der Waals surface area contributed by atoms with Gasteiger partial charge in [-0.05, 0) is 24.6 Å². The van der Waals surface area contributed by atoms with Crippen LogP contribution in [0.25, 0.3) is 11.3 Å². The van der Waals surface area contributed by atoms with Gasteiger partial charge in [-0.25, -0.2) is 4.98 Å². The summed E-state index contributed by atoms with van der Waals surface area (Å²) in [4.78, 5) is 30.0. The number of carbonyl (C=O) groups excluding carboxylic acids is 2. The van der Waals surface area contributed by atoms with Crippen LogP contribution < -0.4 is 5.32 Å². The predicted molar refractivity (Wildman–Crippen MR) is 108 cm³/mol. The molecule has 0 fully saturated rings. The lowest BCUT2D eigenvalue weighted by Crippen LogP contribution is -2.21. The van der Waals surface area contributed by atoms with Gasteiger partial charge in [-0.2, -0.15) is 0 Å². The van der Waals surface area contributed by atoms with Crippen molar-refractivity contribution in [2.75, 3.05) is 19.4 Å². The Labute approximate surface area is 164 Å². The fraction of sp³-hybridized carbons (Fsp3) is 0.227. The Hall–Kier alpha value is -3.41. The number of hydrogen-bond acceptors (Lipinski definition) is 4. The third-order valence-electron chi connectivity index (χ3n) is 4.21. The molecule has 0 aliphatic carbocycles. The van der Waals surface area contributed by atoms with E-state index in [0.717, 1.165) is 11.3 Å². The minimum Gasteiger partial charge on any atom is -0.441 e. The number of carbonyl (C=O) groups is 2. The quantitative estimate of drug-likeness (QED) is 0.675. The normalized spacial score (nSPS) is 10.5. The van der Waals surface area contributed by atoms with Crippen LogP contribution in [0.1, 0.15) is 29.1 Å². The van der Waals surface area contributed by atoms with E-state index >= 15 is 0 Å². The molecule has 0 aliphatic rings. The predicted octanol–water partition coefficient (Wildman–Crippen LogP) is 4.00. The zero-order valence-electron chi connectivity index (χ0n) is 16.0. The Kier molecular flexibility index (Phi) is 6.22. The number of amides is 2. The standard InChI is InChI=1S/C22H23N3O3/c1-25(2)22(27)17-10-6-11-18(14-17)24-20(26)12-7-13-21-23-15-19(28-21)16-8-4-3-5-9-16/h3-6,8-11,14-15H,7,12-13H2,1-2H3,(H,24,26). The van der Waals surface area contributed by atoms with E-state index in [9.17, 15) is 9.59 Å². The summed E-state index contributed by atoms with van der Waals surface area (Å²) in [5.74, 6) is 1.13. The number of rotatable bonds is 7. The van der Waals surface area contributed by atoms with Crippen LogP contribution in [0.3, 0.4) is 0 Å². The largest absolute Gasteiger partial charge is 0.441 e. The van der Waals surface area contributed by atoms with Crippen molar-refractivity contribution in [2.24, 2.45) is 0 Å². The van der Waals surface area contributed by atoms with Crippen molar-refractivity contribution >= 4 is 17.5 Å². The van der Waals surface area contributed by atoms with Gasteiger partial charge in [-0.3, -0.25) is 9.59 Å². The van der Waals surface area contributed by atoms with Crippen molar-refractivity contribution in [2.45, 2.75) is 19.3 Å². The lowest BCUT2D eigenvalue weighted by Gasteiger charge is -2.11. The lowest BCUT2D eigenvalue weighted by atomic mass is 10.1. The van der Waals surface area contributed by atoms with E-state index < -0.39 is 0 Å². The second-order valence-corrected chi connectivity index (χ2v) is 6.67. The van der Waals surface area contributed by atoms with Crippen molar-refractivity contribution < 1.29 is 14.0 Å². The molecule has 3 aromatic rings. The van der Waals surface area contributed by atoms with Crippen LogP contribution in [0.4, 0.5) is 5.69 Å². The number of hydrogen-bond donors (Lipinski definition) is 1. The summed E-state index contributed by atoms with van der Waals surface area (Å²) >= 11 is 0. The molecule has 0 spiro atoms. The molecule has 28 heavy (non-hydrogen) atoms. The molecule has 0 bridgehead atoms. The van der Waals surface area contributed by atoms with Crippen LogP contribution in [-0.4, -0.2) is 35.8 Å². The minimum atomic E-state index is -0.107. The van der Waals surface area contributed by atoms with Gasteiger partial charge in [0.25, 0.3) is 5.91 Å². The Balaban J connectivity index is 1.50. The smallest absolute Gasteiger partial charge is 0.253 e. The summed E-state index contributed by atoms with van der Waals surface area (Å²) in [6, 6.07) is 16.7. The van der Waals surface area contributed by atoms with Crippen molar-refractivity contribution in [1.82, 2.24) is 9.88 Å². The number of nitrogens with one attached hydrogen (secondary N) is 1. The van der Waals surface area contributed by atoms with Crippen LogP contribution in [0.15, 0.2) is 65.2 Å². The van der Waals surface area contributed by atoms with Crippen molar-refractivity contribution in [1.29, 1.82) is 0 Å². The van der Waals surface area contributed by atoms with E-state index in [-0.39, 0.29) is 11.8 Å². The first-order chi connectivity index (χ1) is 13.5. The molecular formula is C22H23N3O3. The third kappa shape index (κ3) is 5.07. The first-order valence-electron chi connectivity index (χ1n) is 9.14. The highest BCUT2D eigenvalue weighted by atomic mass is 16.4. The average molecular weight is 377 g/mol. The van der Waals surface area contributed by atoms with Crippen LogP contribution in [0.2, 0.25) is 0 Å². The van der Waals surface area contributed by atoms with Gasteiger partial charge in [0.05, 0.1) is 6.20 Å². The summed E-state index contributed by atoms with van der Waals surface area (Å²) in [6.07, 6.45) is 3.25. The van der Waals surface area contributed by atoms with Crippen LogP contribution in [0, 0.1) is 0 Å². The Morgan fingerprint density at radius 3 is 2.61 bits per heavy atom. The fourth-order valence-electron chi connectivity index (χ4n) is 2.77. The Bertz CT molecular complexity index is 948. The number of nitrogens with zero attached hydrogens (tertiary/aromatic N) is 2. The zero-order chi connectivity index (χ0) is 19.9. The molecule has 0 saturated carbocycles. The van der Waals surface area contributed by atoms with Crippen LogP contribution in [0.5, 0.6) is 0 Å². The van der Waals surface area contributed by atoms with Crippen molar-refractivity contribution in [3.63, 3.8) is 0 Å². The summed E-state index contributed by atoms with van der Waals surface area (Å²) in [7, 11) is 3.39. The number of benzene rings is 2. The summed E-state index contributed by atoms with van der Waals surface area (Å²) in [5, 5.41) is 2.83. The molecule has 2 aromatic carbocycles. The van der Waals surface area contributed by atoms with E-state index in [1.165, 1.54) is 4.90 Å². The molecule has 0 aliphatic heterocycles. The van der Waals surface area contributed by atoms with Crippen LogP contribution >= 0.6 is 0 Å². The fourth-order valence-corrected chi connectivity index (χ4v) is 2.77. The molecule has 0 saturated heterocycles. The molecule has 0 unspecified atom stereocenters. The highest BCUT2D eigenvalue weighted by molar-refractivity contribution is 5.96. The average Bonchev–Trinajstić information content (AvgIpc) is 3.17. The molecule has 6 nitrogen and oxygen atoms in total. The number of aryl methyl sites for hydroxylation is 1. The molecule has 0 atom stereocenters. The number of aromatic nitrogens is 1. The van der Waals surface area contributed by atoms with Gasteiger partial charge >= 0.3 is 0 Å². The Morgan fingerprint density at radius 2 is 1.86 bits per heavy atom. The van der Waals surface area contributed by atoms with Gasteiger partial charge in [-0.15, -0.1) is 0 Å². The first-order valence-corrected chi connectivity index (χ1v) is 9.14. The summed E-state index contributed by atoms with van der Waals surface area (Å²) < 4.78 is 5.75. The maximum atomic E-state index is 12.2. The third-order valence-corrected chi connectivity index (χ3v) is 4.21. The minimum absolute atomic E-state index is 0.103. The van der Waals surface area contributed by atoms with E-state index in [1.54, 1.807) is 44.6 Å². The number of anilines is 1. The van der Waals surface area contributed by atoms with E-state index in [0.29, 0.717) is 36.4 Å². The maximum Gasteiger partial charge on any atom is 0.253 e. The first kappa shape index (κ1) is 19.4. The van der Waals surface area contributed by atoms with Gasteiger partial charge in [0.15, 0.2) is 11.7 Å². The summed E-state index contributed by atoms with van der Waals surface area (Å²) in [5.41, 5.74) is 2.13. The SMILES string of the molecule is CN(C)C(=O)c1cccc(NC(=O)CCCc2ncc(-c3ccccc3)o2)c1. The lowest BCUT2D eigenvalue weighted by molar-refractivity contribution is -0.116. The second-order valence-electron chi connectivity index (χ2n) is 6.67. The van der Waals surface area contributed by atoms with Crippen molar-refractivity contribution in [3.05, 3.63) is 72.2 Å². The molecule has 2 amide bonds. The molecule has 3 rings (SSSR count). The molecule has 6 heteroatoms. The van der Waals surface area contributed by atoms with Gasteiger partial charge in [0.2, 0.25) is 5.91 Å². The van der Waals surface area contributed by atoms with E-state index in [4.69, 9.17) is 4.42 Å². The zero-order valence-corrected chi connectivity index (χ0v) is 16.0. The van der Waals surface area contributed by atoms with Crippen LogP contribution in [-0.2, 0) is 11.2 Å². The van der Waals surface area contributed by atoms with E-state index in [1.807, 2.05) is 30.3 Å². The van der Waals surface area contributed by atoms with Crippen molar-refractivity contribution in [3.8, 4) is 11.3 Å². The molecule has 0 radical (unpaired) electrons. The molecule has 144 valence electrons. The molecular weight excluding hydrogens is 354 g/mol. The van der Waals surface area contributed by atoms with Gasteiger partial charge in [0.1, 0.15) is 0 Å². The van der Waals surface area contributed by atoms with Gasteiger partial charge < -0.3 is 14.6 Å². The number of oxazole rings is 1. The molecule has 1 heterocycles. The molecule has 1 N–H and O–H groups in total. The Morgan fingerprint density at radius 1 is 1.07 bits per heavy atom. The topological polar surface area (TPSA) is 75.4 Å². The second kappa shape index (κ2) is 8.99. The highest BCUT2D eigenvalue weighted by Gasteiger charge is 2.10. The monoisotopic (exact) mass is 377 g/mol. The van der Waals surface area contributed by atoms with E-state index in [2.05, 4.69) is 10.3 Å². The highest BCUT2D eigenvalue weighted by Crippen LogP contribution is 2.20. The maximum absolute atomic E-state index is 12.2. The van der Waals surface area contributed by atoms with Gasteiger partial charge in [-0.1, -0.05) is 36.4 Å². The van der Waals surface area contributed by atoms with Gasteiger partial charge in [0, 0.05) is 43.8 Å². The molecule has 1 aromatic heterocycles.